The van der Waals surface area contributed by atoms with Gasteiger partial charge in [0.2, 0.25) is 0 Å². The first kappa shape index (κ1) is 13.1. The highest BCUT2D eigenvalue weighted by molar-refractivity contribution is 5.86. The molecular weight excluding hydrogens is 246 g/mol. The molecule has 2 rings (SSSR count). The highest BCUT2D eigenvalue weighted by Crippen LogP contribution is 2.23. The van der Waals surface area contributed by atoms with Crippen LogP contribution in [0.5, 0.6) is 5.75 Å². The summed E-state index contributed by atoms with van der Waals surface area (Å²) in [5.41, 5.74) is 1.49. The molecule has 1 heterocycles. The number of carbonyl (C=O) groups is 1. The van der Waals surface area contributed by atoms with Crippen molar-refractivity contribution in [3.8, 4) is 5.75 Å². The van der Waals surface area contributed by atoms with Gasteiger partial charge in [-0.05, 0) is 24.6 Å². The molecule has 0 aliphatic heterocycles. The van der Waals surface area contributed by atoms with Gasteiger partial charge < -0.3 is 14.4 Å². The number of methoxy groups -OCH3 is 1. The zero-order valence-electron chi connectivity index (χ0n) is 11.1. The highest BCUT2D eigenvalue weighted by atomic mass is 16.5. The fourth-order valence-corrected chi connectivity index (χ4v) is 2.23. The number of fused-ring (bicyclic) bond motifs is 1. The summed E-state index contributed by atoms with van der Waals surface area (Å²) in [4.78, 5) is 23.1. The average molecular weight is 261 g/mol. The van der Waals surface area contributed by atoms with Gasteiger partial charge in [-0.25, -0.2) is 0 Å². The first-order chi connectivity index (χ1) is 8.95. The lowest BCUT2D eigenvalue weighted by molar-refractivity contribution is -0.136. The second-order valence-corrected chi connectivity index (χ2v) is 4.42. The van der Waals surface area contributed by atoms with E-state index < -0.39 is 5.97 Å². The van der Waals surface area contributed by atoms with E-state index in [1.165, 1.54) is 4.57 Å². The van der Waals surface area contributed by atoms with Gasteiger partial charge in [0.15, 0.2) is 0 Å². The molecule has 0 bridgehead atoms. The van der Waals surface area contributed by atoms with E-state index in [2.05, 4.69) is 0 Å². The maximum atomic E-state index is 12.2. The molecule has 0 saturated heterocycles. The van der Waals surface area contributed by atoms with Crippen LogP contribution in [0.3, 0.4) is 0 Å². The van der Waals surface area contributed by atoms with E-state index in [1.54, 1.807) is 33.2 Å². The molecule has 1 aromatic carbocycles. The number of carboxylic acid groups (broad SMARTS) is 1. The van der Waals surface area contributed by atoms with E-state index in [0.29, 0.717) is 16.9 Å². The number of carboxylic acids is 1. The van der Waals surface area contributed by atoms with Crippen molar-refractivity contribution in [1.29, 1.82) is 0 Å². The maximum Gasteiger partial charge on any atom is 0.308 e. The number of pyridine rings is 1. The molecule has 0 radical (unpaired) electrons. The number of hydrogen-bond donors (Lipinski definition) is 1. The summed E-state index contributed by atoms with van der Waals surface area (Å²) in [6.45, 7) is 1.77. The third-order valence-corrected chi connectivity index (χ3v) is 3.31. The minimum absolute atomic E-state index is 0.263. The van der Waals surface area contributed by atoms with E-state index >= 15 is 0 Å². The van der Waals surface area contributed by atoms with Gasteiger partial charge in [0.25, 0.3) is 5.56 Å². The summed E-state index contributed by atoms with van der Waals surface area (Å²) in [6, 6.07) is 5.41. The highest BCUT2D eigenvalue weighted by Gasteiger charge is 2.15. The number of aryl methyl sites for hydroxylation is 2. The largest absolute Gasteiger partial charge is 0.497 e. The van der Waals surface area contributed by atoms with Crippen LogP contribution in [0.15, 0.2) is 23.0 Å². The van der Waals surface area contributed by atoms with Crippen molar-refractivity contribution < 1.29 is 14.6 Å². The molecule has 100 valence electrons. The number of hydrogen-bond acceptors (Lipinski definition) is 3. The monoisotopic (exact) mass is 261 g/mol. The van der Waals surface area contributed by atoms with Gasteiger partial charge in [-0.2, -0.15) is 0 Å². The minimum Gasteiger partial charge on any atom is -0.497 e. The first-order valence-electron chi connectivity index (χ1n) is 5.83. The lowest BCUT2D eigenvalue weighted by Gasteiger charge is -2.13. The lowest BCUT2D eigenvalue weighted by Crippen LogP contribution is -2.25. The molecule has 0 spiro atoms. The van der Waals surface area contributed by atoms with Crippen LogP contribution >= 0.6 is 0 Å². The van der Waals surface area contributed by atoms with Crippen molar-refractivity contribution in [1.82, 2.24) is 4.57 Å². The molecule has 0 atom stereocenters. The Hall–Kier alpha value is -2.30. The Balaban J connectivity index is 2.82. The van der Waals surface area contributed by atoms with Crippen LogP contribution in [0.25, 0.3) is 10.9 Å². The summed E-state index contributed by atoms with van der Waals surface area (Å²) in [6.07, 6.45) is -0.263. The van der Waals surface area contributed by atoms with Crippen LogP contribution in [-0.4, -0.2) is 22.8 Å². The molecule has 5 heteroatoms. The molecule has 19 heavy (non-hydrogen) atoms. The molecule has 0 amide bonds. The first-order valence-corrected chi connectivity index (χ1v) is 5.83. The Kier molecular flexibility index (Phi) is 3.29. The molecule has 5 nitrogen and oxygen atoms in total. The predicted molar refractivity (Wildman–Crippen MR) is 71.8 cm³/mol. The van der Waals surface area contributed by atoms with E-state index in [-0.39, 0.29) is 12.0 Å². The SMILES string of the molecule is COc1ccc2c(C)c(CC(=O)O)c(=O)n(C)c2c1. The number of aliphatic carboxylic acids is 1. The Morgan fingerprint density at radius 3 is 2.68 bits per heavy atom. The molecule has 0 aliphatic carbocycles. The Morgan fingerprint density at radius 2 is 2.11 bits per heavy atom. The van der Waals surface area contributed by atoms with Gasteiger partial charge in [-0.15, -0.1) is 0 Å². The van der Waals surface area contributed by atoms with Gasteiger partial charge >= 0.3 is 5.97 Å². The van der Waals surface area contributed by atoms with Crippen molar-refractivity contribution in [2.24, 2.45) is 7.05 Å². The molecule has 1 N–H and O–H groups in total. The van der Waals surface area contributed by atoms with E-state index in [0.717, 1.165) is 10.9 Å². The third kappa shape index (κ3) is 2.19. The Morgan fingerprint density at radius 1 is 1.42 bits per heavy atom. The summed E-state index contributed by atoms with van der Waals surface area (Å²) in [5, 5.41) is 9.75. The molecule has 2 aromatic rings. The number of benzene rings is 1. The van der Waals surface area contributed by atoms with E-state index in [1.807, 2.05) is 6.07 Å². The van der Waals surface area contributed by atoms with Crippen LogP contribution in [0.4, 0.5) is 0 Å². The van der Waals surface area contributed by atoms with Gasteiger partial charge in [-0.1, -0.05) is 0 Å². The molecule has 0 saturated carbocycles. The van der Waals surface area contributed by atoms with Crippen molar-refractivity contribution in [2.75, 3.05) is 7.11 Å². The lowest BCUT2D eigenvalue weighted by atomic mass is 10.0. The Labute approximate surface area is 110 Å². The number of aromatic nitrogens is 1. The molecule has 0 fully saturated rings. The van der Waals surface area contributed by atoms with Crippen molar-refractivity contribution >= 4 is 16.9 Å². The van der Waals surface area contributed by atoms with Crippen molar-refractivity contribution in [3.05, 3.63) is 39.7 Å². The summed E-state index contributed by atoms with van der Waals surface area (Å²) < 4.78 is 6.60. The summed E-state index contributed by atoms with van der Waals surface area (Å²) in [7, 11) is 3.19. The number of rotatable bonds is 3. The van der Waals surface area contributed by atoms with Crippen molar-refractivity contribution in [2.45, 2.75) is 13.3 Å². The molecule has 0 aliphatic rings. The normalized spacial score (nSPS) is 10.7. The van der Waals surface area contributed by atoms with E-state index in [4.69, 9.17) is 9.84 Å². The van der Waals surface area contributed by atoms with Gasteiger partial charge in [0, 0.05) is 24.1 Å². The second-order valence-electron chi connectivity index (χ2n) is 4.42. The van der Waals surface area contributed by atoms with Gasteiger partial charge in [0.1, 0.15) is 5.75 Å². The number of ether oxygens (including phenoxy) is 1. The van der Waals surface area contributed by atoms with Crippen LogP contribution in [0.2, 0.25) is 0 Å². The van der Waals surface area contributed by atoms with Crippen LogP contribution < -0.4 is 10.3 Å². The average Bonchev–Trinajstić information content (AvgIpc) is 2.40. The summed E-state index contributed by atoms with van der Waals surface area (Å²) >= 11 is 0. The van der Waals surface area contributed by atoms with Crippen LogP contribution in [0, 0.1) is 6.92 Å². The van der Waals surface area contributed by atoms with Gasteiger partial charge in [-0.3, -0.25) is 9.59 Å². The fraction of sp³-hybridized carbons (Fsp3) is 0.286. The summed E-state index contributed by atoms with van der Waals surface area (Å²) in [5.74, 6) is -0.346. The van der Waals surface area contributed by atoms with E-state index in [9.17, 15) is 9.59 Å². The van der Waals surface area contributed by atoms with Crippen LogP contribution in [0.1, 0.15) is 11.1 Å². The van der Waals surface area contributed by atoms with Crippen molar-refractivity contribution in [3.63, 3.8) is 0 Å². The molecule has 0 unspecified atom stereocenters. The maximum absolute atomic E-state index is 12.2. The zero-order valence-corrected chi connectivity index (χ0v) is 11.1. The Bertz CT molecular complexity index is 715. The second kappa shape index (κ2) is 4.76. The number of nitrogens with zero attached hydrogens (tertiary/aromatic N) is 1. The standard InChI is InChI=1S/C14H15NO4/c1-8-10-5-4-9(19-3)6-12(10)15(2)14(18)11(8)7-13(16)17/h4-6H,7H2,1-3H3,(H,16,17). The zero-order chi connectivity index (χ0) is 14.2. The molecular formula is C14H15NO4. The fourth-order valence-electron chi connectivity index (χ4n) is 2.23. The minimum atomic E-state index is -1.01. The van der Waals surface area contributed by atoms with Crippen LogP contribution in [-0.2, 0) is 18.3 Å². The smallest absolute Gasteiger partial charge is 0.308 e. The molecule has 1 aromatic heterocycles. The third-order valence-electron chi connectivity index (χ3n) is 3.31. The quantitative estimate of drug-likeness (QED) is 0.908. The predicted octanol–water partition coefficient (Wildman–Crippen LogP) is 1.48. The van der Waals surface area contributed by atoms with Gasteiger partial charge in [0.05, 0.1) is 19.0 Å². The topological polar surface area (TPSA) is 68.5 Å².